The van der Waals surface area contributed by atoms with E-state index in [1.807, 2.05) is 65.8 Å². The van der Waals surface area contributed by atoms with Crippen molar-refractivity contribution >= 4 is 0 Å². The summed E-state index contributed by atoms with van der Waals surface area (Å²) < 4.78 is 0. The van der Waals surface area contributed by atoms with Crippen molar-refractivity contribution in [2.24, 2.45) is 0 Å². The monoisotopic (exact) mass is 472 g/mol. The summed E-state index contributed by atoms with van der Waals surface area (Å²) in [6, 6.07) is 7.68. The van der Waals surface area contributed by atoms with Crippen LogP contribution in [-0.2, 0) is 12.8 Å². The van der Waals surface area contributed by atoms with Crippen LogP contribution in [0, 0.1) is 41.5 Å². The third-order valence-corrected chi connectivity index (χ3v) is 7.22. The van der Waals surface area contributed by atoms with Crippen LogP contribution in [0.3, 0.4) is 0 Å². The van der Waals surface area contributed by atoms with Gasteiger partial charge >= 0.3 is 0 Å². The van der Waals surface area contributed by atoms with Crippen molar-refractivity contribution in [3.05, 3.63) is 81.4 Å². The number of aliphatic hydroxyl groups excluding tert-OH is 4. The Morgan fingerprint density at radius 1 is 0.735 bits per heavy atom. The van der Waals surface area contributed by atoms with Crippen LogP contribution in [-0.4, -0.2) is 66.8 Å². The lowest BCUT2D eigenvalue weighted by molar-refractivity contribution is -0.218. The molecular weight excluding hydrogens is 432 g/mol. The Bertz CT molecular complexity index is 1030. The second-order valence-corrected chi connectivity index (χ2v) is 9.86. The van der Waals surface area contributed by atoms with Crippen LogP contribution in [0.2, 0.25) is 0 Å². The van der Waals surface area contributed by atoms with E-state index in [1.54, 1.807) is 0 Å². The predicted molar refractivity (Wildman–Crippen MR) is 134 cm³/mol. The van der Waals surface area contributed by atoms with E-state index in [2.05, 4.69) is 6.58 Å². The average molecular weight is 473 g/mol. The Kier molecular flexibility index (Phi) is 8.86. The molecule has 2 aromatic carbocycles. The fraction of sp³-hybridized carbons (Fsp3) is 0.500. The zero-order valence-corrected chi connectivity index (χ0v) is 21.1. The normalized spacial score (nSPS) is 18.0. The smallest absolute Gasteiger partial charge is 0.126 e. The molecular formula is C28H40O6. The maximum absolute atomic E-state index is 11.7. The minimum atomic E-state index is -2.40. The summed E-state index contributed by atoms with van der Waals surface area (Å²) in [7, 11) is 0. The van der Waals surface area contributed by atoms with E-state index >= 15 is 0 Å². The third-order valence-electron chi connectivity index (χ3n) is 7.22. The van der Waals surface area contributed by atoms with Crippen molar-refractivity contribution in [1.29, 1.82) is 0 Å². The van der Waals surface area contributed by atoms with Crippen molar-refractivity contribution in [2.75, 3.05) is 6.61 Å². The molecule has 6 N–H and O–H groups in total. The van der Waals surface area contributed by atoms with Crippen LogP contribution in [0.25, 0.3) is 0 Å². The van der Waals surface area contributed by atoms with E-state index in [1.165, 1.54) is 0 Å². The van der Waals surface area contributed by atoms with Gasteiger partial charge in [0.05, 0.1) is 6.61 Å². The Labute approximate surface area is 202 Å². The summed E-state index contributed by atoms with van der Waals surface area (Å²) >= 11 is 0. The molecule has 0 aliphatic carbocycles. The zero-order chi connectivity index (χ0) is 26.0. The van der Waals surface area contributed by atoms with E-state index < -0.39 is 36.1 Å². The molecule has 0 bridgehead atoms. The summed E-state index contributed by atoms with van der Waals surface area (Å²) in [5, 5.41) is 65.2. The van der Waals surface area contributed by atoms with Crippen LogP contribution >= 0.6 is 0 Å². The molecule has 0 radical (unpaired) electrons. The van der Waals surface area contributed by atoms with Gasteiger partial charge in [-0.15, -0.1) is 6.58 Å². The van der Waals surface area contributed by atoms with Gasteiger partial charge in [0.1, 0.15) is 29.5 Å². The SMILES string of the molecule is C=CC(O)(Cc1cc(C)c(C)cc1C)[C@@H](O)[C@@](O)(Cc1cc(C)c(C)cc1C)[C@H](O)[C@@H](O)CO. The van der Waals surface area contributed by atoms with Crippen LogP contribution in [0.4, 0.5) is 0 Å². The second-order valence-electron chi connectivity index (χ2n) is 9.86. The molecule has 1 unspecified atom stereocenters. The van der Waals surface area contributed by atoms with Crippen molar-refractivity contribution in [2.45, 2.75) is 83.9 Å². The molecule has 0 spiro atoms. The van der Waals surface area contributed by atoms with Gasteiger partial charge in [0.15, 0.2) is 0 Å². The number of aryl methyl sites for hydroxylation is 6. The van der Waals surface area contributed by atoms with Gasteiger partial charge in [-0.25, -0.2) is 0 Å². The van der Waals surface area contributed by atoms with Gasteiger partial charge in [-0.3, -0.25) is 0 Å². The first-order chi connectivity index (χ1) is 15.7. The molecule has 0 aliphatic heterocycles. The molecule has 2 aromatic rings. The van der Waals surface area contributed by atoms with Gasteiger partial charge in [0.2, 0.25) is 0 Å². The standard InChI is InChI=1S/C28H40O6/c1-8-27(33,13-22-11-18(4)16(2)9-20(22)6)26(32)28(34,25(31)24(30)15-29)14-23-12-19(5)17(3)10-21(23)7/h8-12,24-26,29-34H,1,13-15H2,2-7H3/t24-,25+,26+,27?,28+/m0/s1. The first kappa shape index (κ1) is 28.2. The molecule has 5 atom stereocenters. The Morgan fingerprint density at radius 3 is 1.56 bits per heavy atom. The van der Waals surface area contributed by atoms with Crippen LogP contribution in [0.5, 0.6) is 0 Å². The molecule has 6 nitrogen and oxygen atoms in total. The van der Waals surface area contributed by atoms with Crippen molar-refractivity contribution in [3.63, 3.8) is 0 Å². The Hall–Kier alpha value is -2.06. The summed E-state index contributed by atoms with van der Waals surface area (Å²) in [6.45, 7) is 14.4. The van der Waals surface area contributed by atoms with E-state index in [-0.39, 0.29) is 12.8 Å². The van der Waals surface area contributed by atoms with E-state index in [4.69, 9.17) is 0 Å². The number of benzene rings is 2. The highest BCUT2D eigenvalue weighted by Crippen LogP contribution is 2.35. The predicted octanol–water partition coefficient (Wildman–Crippen LogP) is 2.05. The number of rotatable bonds is 10. The fourth-order valence-electron chi connectivity index (χ4n) is 4.54. The highest BCUT2D eigenvalue weighted by molar-refractivity contribution is 5.40. The van der Waals surface area contributed by atoms with Crippen LogP contribution in [0.15, 0.2) is 36.9 Å². The lowest BCUT2D eigenvalue weighted by atomic mass is 9.72. The molecule has 0 aliphatic rings. The number of aliphatic hydroxyl groups is 6. The van der Waals surface area contributed by atoms with Crippen LogP contribution in [0.1, 0.15) is 44.5 Å². The first-order valence-electron chi connectivity index (χ1n) is 11.6. The molecule has 0 saturated heterocycles. The van der Waals surface area contributed by atoms with Gasteiger partial charge in [-0.2, -0.15) is 0 Å². The second kappa shape index (κ2) is 10.7. The van der Waals surface area contributed by atoms with Crippen molar-refractivity contribution in [1.82, 2.24) is 0 Å². The molecule has 2 rings (SSSR count). The first-order valence-corrected chi connectivity index (χ1v) is 11.6. The maximum atomic E-state index is 11.7. The summed E-state index contributed by atoms with van der Waals surface area (Å²) in [6.07, 6.45) is -4.79. The highest BCUT2D eigenvalue weighted by atomic mass is 16.4. The van der Waals surface area contributed by atoms with E-state index in [9.17, 15) is 30.6 Å². The number of hydrogen-bond acceptors (Lipinski definition) is 6. The molecule has 0 fully saturated rings. The van der Waals surface area contributed by atoms with Gasteiger partial charge in [0.25, 0.3) is 0 Å². The lowest BCUT2D eigenvalue weighted by Gasteiger charge is -2.45. The van der Waals surface area contributed by atoms with Gasteiger partial charge < -0.3 is 30.6 Å². The number of hydrogen-bond donors (Lipinski definition) is 6. The molecule has 0 heterocycles. The minimum absolute atomic E-state index is 0.0687. The molecule has 0 saturated carbocycles. The summed E-state index contributed by atoms with van der Waals surface area (Å²) in [5.74, 6) is 0. The lowest BCUT2D eigenvalue weighted by Crippen LogP contribution is -2.66. The summed E-state index contributed by atoms with van der Waals surface area (Å²) in [4.78, 5) is 0. The summed E-state index contributed by atoms with van der Waals surface area (Å²) in [5.41, 5.74) is 2.80. The van der Waals surface area contributed by atoms with Gasteiger partial charge in [-0.05, 0) is 86.1 Å². The Morgan fingerprint density at radius 2 is 1.15 bits per heavy atom. The average Bonchev–Trinajstić information content (AvgIpc) is 2.79. The molecule has 188 valence electrons. The highest BCUT2D eigenvalue weighted by Gasteiger charge is 2.53. The quantitative estimate of drug-likeness (QED) is 0.294. The third kappa shape index (κ3) is 5.60. The van der Waals surface area contributed by atoms with Crippen molar-refractivity contribution in [3.8, 4) is 0 Å². The largest absolute Gasteiger partial charge is 0.394 e. The van der Waals surface area contributed by atoms with Gasteiger partial charge in [0, 0.05) is 12.8 Å². The van der Waals surface area contributed by atoms with Crippen molar-refractivity contribution < 1.29 is 30.6 Å². The fourth-order valence-corrected chi connectivity index (χ4v) is 4.54. The molecule has 6 heteroatoms. The maximum Gasteiger partial charge on any atom is 0.126 e. The Balaban J connectivity index is 2.59. The van der Waals surface area contributed by atoms with Gasteiger partial charge in [-0.1, -0.05) is 30.3 Å². The molecule has 0 aromatic heterocycles. The van der Waals surface area contributed by atoms with E-state index in [0.29, 0.717) is 5.56 Å². The molecule has 0 amide bonds. The molecule has 34 heavy (non-hydrogen) atoms. The minimum Gasteiger partial charge on any atom is -0.394 e. The van der Waals surface area contributed by atoms with Crippen LogP contribution < -0.4 is 0 Å². The van der Waals surface area contributed by atoms with E-state index in [0.717, 1.165) is 45.0 Å². The topological polar surface area (TPSA) is 121 Å². The zero-order valence-electron chi connectivity index (χ0n) is 21.1.